The number of aliphatic hydroxyl groups is 1. The molecule has 1 aromatic carbocycles. The van der Waals surface area contributed by atoms with E-state index in [-0.39, 0.29) is 6.79 Å². The van der Waals surface area contributed by atoms with E-state index in [1.54, 1.807) is 0 Å². The van der Waals surface area contributed by atoms with Crippen LogP contribution in [0.5, 0.6) is 17.2 Å². The van der Waals surface area contributed by atoms with Crippen molar-refractivity contribution in [2.45, 2.75) is 44.8 Å². The molecule has 0 bridgehead atoms. The Kier molecular flexibility index (Phi) is 4.22. The average Bonchev–Trinajstić information content (AvgIpc) is 3.11. The third-order valence-electron chi connectivity index (χ3n) is 4.15. The van der Waals surface area contributed by atoms with Crippen LogP contribution < -0.4 is 19.5 Å². The first-order valence-electron chi connectivity index (χ1n) is 7.69. The summed E-state index contributed by atoms with van der Waals surface area (Å²) in [5, 5.41) is 13.7. The minimum atomic E-state index is -0.675. The van der Waals surface area contributed by atoms with E-state index in [1.165, 1.54) is 0 Å². The third kappa shape index (κ3) is 3.24. The summed E-state index contributed by atoms with van der Waals surface area (Å²) in [6.07, 6.45) is 3.79. The number of ether oxygens (including phenoxy) is 3. The minimum absolute atomic E-state index is 0.253. The lowest BCUT2D eigenvalue weighted by Gasteiger charge is -2.23. The number of rotatable bonds is 6. The monoisotopic (exact) mass is 293 g/mol. The van der Waals surface area contributed by atoms with Gasteiger partial charge in [0, 0.05) is 18.2 Å². The molecule has 0 aromatic heterocycles. The molecule has 1 saturated carbocycles. The van der Waals surface area contributed by atoms with Crippen molar-refractivity contribution >= 4 is 0 Å². The number of hydrogen-bond acceptors (Lipinski definition) is 5. The van der Waals surface area contributed by atoms with Crippen LogP contribution in [0.3, 0.4) is 0 Å². The molecule has 0 unspecified atom stereocenters. The van der Waals surface area contributed by atoms with Crippen LogP contribution in [0.25, 0.3) is 0 Å². The topological polar surface area (TPSA) is 60.0 Å². The number of benzene rings is 1. The lowest BCUT2D eigenvalue weighted by atomic mass is 10.0. The van der Waals surface area contributed by atoms with Crippen molar-refractivity contribution in [3.05, 3.63) is 17.7 Å². The Morgan fingerprint density at radius 1 is 1.24 bits per heavy atom. The zero-order valence-corrected chi connectivity index (χ0v) is 12.5. The normalized spacial score (nSPS) is 19.0. The summed E-state index contributed by atoms with van der Waals surface area (Å²) in [6.45, 7) is 4.25. The molecule has 116 valence electrons. The maximum atomic E-state index is 10.4. The van der Waals surface area contributed by atoms with Gasteiger partial charge in [-0.1, -0.05) is 19.8 Å². The number of fused-ring (bicyclic) bond motifs is 1. The van der Waals surface area contributed by atoms with Crippen LogP contribution in [0.15, 0.2) is 12.1 Å². The van der Waals surface area contributed by atoms with Crippen LogP contribution in [0.2, 0.25) is 0 Å². The van der Waals surface area contributed by atoms with E-state index in [1.807, 2.05) is 12.1 Å². The van der Waals surface area contributed by atoms with Gasteiger partial charge in [0.15, 0.2) is 11.5 Å². The maximum Gasteiger partial charge on any atom is 0.231 e. The summed E-state index contributed by atoms with van der Waals surface area (Å²) in [5.41, 5.74) is 0.355. The van der Waals surface area contributed by atoms with Crippen molar-refractivity contribution in [2.75, 3.05) is 19.9 Å². The van der Waals surface area contributed by atoms with Crippen LogP contribution in [0, 0.1) is 0 Å². The molecule has 2 aliphatic rings. The lowest BCUT2D eigenvalue weighted by Crippen LogP contribution is -2.32. The van der Waals surface area contributed by atoms with Crippen LogP contribution >= 0.6 is 0 Å². The molecule has 0 saturated heterocycles. The van der Waals surface area contributed by atoms with Crippen molar-refractivity contribution in [3.8, 4) is 17.2 Å². The zero-order chi connectivity index (χ0) is 14.7. The molecule has 1 heterocycles. The predicted molar refractivity (Wildman–Crippen MR) is 78.9 cm³/mol. The van der Waals surface area contributed by atoms with Gasteiger partial charge in [0.05, 0.1) is 5.60 Å². The summed E-state index contributed by atoms with van der Waals surface area (Å²) in [4.78, 5) is 0. The first-order chi connectivity index (χ1) is 10.2. The smallest absolute Gasteiger partial charge is 0.231 e. The molecule has 1 aliphatic carbocycles. The summed E-state index contributed by atoms with van der Waals surface area (Å²) < 4.78 is 16.7. The van der Waals surface area contributed by atoms with Crippen LogP contribution in [0.4, 0.5) is 0 Å². The summed E-state index contributed by atoms with van der Waals surface area (Å²) in [7, 11) is 0. The highest BCUT2D eigenvalue weighted by molar-refractivity contribution is 5.51. The zero-order valence-electron chi connectivity index (χ0n) is 12.5. The molecule has 5 nitrogen and oxygen atoms in total. The Morgan fingerprint density at radius 2 is 1.95 bits per heavy atom. The van der Waals surface area contributed by atoms with E-state index in [2.05, 4.69) is 12.2 Å². The summed E-state index contributed by atoms with van der Waals surface area (Å²) in [6, 6.07) is 3.83. The second kappa shape index (κ2) is 6.12. The van der Waals surface area contributed by atoms with Crippen LogP contribution in [-0.4, -0.2) is 30.7 Å². The molecule has 1 aromatic rings. The van der Waals surface area contributed by atoms with Gasteiger partial charge >= 0.3 is 0 Å². The van der Waals surface area contributed by atoms with Gasteiger partial charge in [-0.2, -0.15) is 0 Å². The fourth-order valence-corrected chi connectivity index (χ4v) is 2.89. The van der Waals surface area contributed by atoms with Crippen molar-refractivity contribution in [1.29, 1.82) is 0 Å². The van der Waals surface area contributed by atoms with Crippen molar-refractivity contribution in [2.24, 2.45) is 0 Å². The Hall–Kier alpha value is -1.46. The molecule has 1 aliphatic heterocycles. The van der Waals surface area contributed by atoms with Gasteiger partial charge in [-0.25, -0.2) is 0 Å². The highest BCUT2D eigenvalue weighted by Gasteiger charge is 2.32. The van der Waals surface area contributed by atoms with E-state index < -0.39 is 5.60 Å². The SMILES string of the molecule is CCNCc1cc2c(cc1OCC1(O)CCCC1)OCO2. The van der Waals surface area contributed by atoms with Crippen molar-refractivity contribution < 1.29 is 19.3 Å². The molecule has 0 radical (unpaired) electrons. The van der Waals surface area contributed by atoms with Crippen LogP contribution in [0.1, 0.15) is 38.2 Å². The molecular weight excluding hydrogens is 270 g/mol. The Bertz CT molecular complexity index is 497. The molecule has 5 heteroatoms. The first kappa shape index (κ1) is 14.5. The van der Waals surface area contributed by atoms with Crippen molar-refractivity contribution in [1.82, 2.24) is 5.32 Å². The van der Waals surface area contributed by atoms with Gasteiger partial charge in [-0.3, -0.25) is 0 Å². The highest BCUT2D eigenvalue weighted by Crippen LogP contribution is 2.39. The van der Waals surface area contributed by atoms with Gasteiger partial charge in [-0.05, 0) is 25.5 Å². The van der Waals surface area contributed by atoms with E-state index in [4.69, 9.17) is 14.2 Å². The minimum Gasteiger partial charge on any atom is -0.490 e. The van der Waals surface area contributed by atoms with Crippen LogP contribution in [-0.2, 0) is 6.54 Å². The fourth-order valence-electron chi connectivity index (χ4n) is 2.89. The quantitative estimate of drug-likeness (QED) is 0.842. The standard InChI is InChI=1S/C16H23NO4/c1-2-17-9-12-7-14-15(21-11-20-14)8-13(12)19-10-16(18)5-3-4-6-16/h7-8,17-18H,2-6,9-11H2,1H3. The second-order valence-corrected chi connectivity index (χ2v) is 5.81. The Morgan fingerprint density at radius 3 is 2.67 bits per heavy atom. The van der Waals surface area contributed by atoms with E-state index in [0.717, 1.165) is 49.3 Å². The van der Waals surface area contributed by atoms with E-state index in [0.29, 0.717) is 18.9 Å². The van der Waals surface area contributed by atoms with Gasteiger partial charge < -0.3 is 24.6 Å². The third-order valence-corrected chi connectivity index (χ3v) is 4.15. The first-order valence-corrected chi connectivity index (χ1v) is 7.69. The summed E-state index contributed by atoms with van der Waals surface area (Å²) >= 11 is 0. The van der Waals surface area contributed by atoms with E-state index in [9.17, 15) is 5.11 Å². The molecule has 0 atom stereocenters. The molecule has 0 spiro atoms. The second-order valence-electron chi connectivity index (χ2n) is 5.81. The maximum absolute atomic E-state index is 10.4. The fraction of sp³-hybridized carbons (Fsp3) is 0.625. The van der Waals surface area contributed by atoms with Crippen molar-refractivity contribution in [3.63, 3.8) is 0 Å². The molecule has 1 fully saturated rings. The average molecular weight is 293 g/mol. The predicted octanol–water partition coefficient (Wildman–Crippen LogP) is 2.21. The van der Waals surface area contributed by atoms with Gasteiger partial charge in [0.1, 0.15) is 12.4 Å². The molecular formula is C16H23NO4. The van der Waals surface area contributed by atoms with Gasteiger partial charge in [0.25, 0.3) is 0 Å². The van der Waals surface area contributed by atoms with Gasteiger partial charge in [0.2, 0.25) is 6.79 Å². The Labute approximate surface area is 125 Å². The molecule has 2 N–H and O–H groups in total. The molecule has 0 amide bonds. The van der Waals surface area contributed by atoms with Gasteiger partial charge in [-0.15, -0.1) is 0 Å². The molecule has 3 rings (SSSR count). The number of hydrogen-bond donors (Lipinski definition) is 2. The Balaban J connectivity index is 1.75. The number of nitrogens with one attached hydrogen (secondary N) is 1. The highest BCUT2D eigenvalue weighted by atomic mass is 16.7. The summed E-state index contributed by atoms with van der Waals surface area (Å²) in [5.74, 6) is 2.24. The largest absolute Gasteiger partial charge is 0.490 e. The van der Waals surface area contributed by atoms with E-state index >= 15 is 0 Å². The lowest BCUT2D eigenvalue weighted by molar-refractivity contribution is 0.00106. The molecule has 21 heavy (non-hydrogen) atoms.